The largest absolute Gasteiger partial charge is 0.491 e. The lowest BCUT2D eigenvalue weighted by Gasteiger charge is -2.38. The Kier molecular flexibility index (Phi) is 5.02. The van der Waals surface area contributed by atoms with Crippen LogP contribution in [0.4, 0.5) is 0 Å². The summed E-state index contributed by atoms with van der Waals surface area (Å²) in [5.41, 5.74) is 2.01. The van der Waals surface area contributed by atoms with Gasteiger partial charge in [-0.2, -0.15) is 0 Å². The molecular weight excluding hydrogens is 254 g/mol. The Hall–Kier alpha value is -1.10. The van der Waals surface area contributed by atoms with Crippen LogP contribution < -0.4 is 4.74 Å². The normalized spacial score (nSPS) is 21.9. The van der Waals surface area contributed by atoms with Crippen LogP contribution in [0, 0.1) is 0 Å². The lowest BCUT2D eigenvalue weighted by Crippen LogP contribution is -2.47. The first-order chi connectivity index (χ1) is 9.60. The van der Waals surface area contributed by atoms with Gasteiger partial charge in [-0.1, -0.05) is 39.0 Å². The molecule has 2 atom stereocenters. The molecular formula is C16H25NO3. The Labute approximate surface area is 121 Å². The van der Waals surface area contributed by atoms with Gasteiger partial charge < -0.3 is 14.9 Å². The van der Waals surface area contributed by atoms with Gasteiger partial charge in [-0.15, -0.1) is 0 Å². The van der Waals surface area contributed by atoms with Crippen molar-refractivity contribution in [2.45, 2.75) is 38.8 Å². The molecule has 1 aliphatic heterocycles. The van der Waals surface area contributed by atoms with Crippen LogP contribution >= 0.6 is 0 Å². The van der Waals surface area contributed by atoms with Crippen molar-refractivity contribution >= 4 is 0 Å². The molecule has 0 saturated carbocycles. The Morgan fingerprint density at radius 2 is 2.15 bits per heavy atom. The molecule has 4 heteroatoms. The summed E-state index contributed by atoms with van der Waals surface area (Å²) in [6.45, 7) is 8.18. The molecule has 2 rings (SSSR count). The molecule has 2 unspecified atom stereocenters. The lowest BCUT2D eigenvalue weighted by atomic mass is 9.92. The molecule has 0 bridgehead atoms. The van der Waals surface area contributed by atoms with Crippen molar-refractivity contribution in [2.24, 2.45) is 0 Å². The summed E-state index contributed by atoms with van der Waals surface area (Å²) in [5, 5.41) is 19.8. The summed E-state index contributed by atoms with van der Waals surface area (Å²) < 4.78 is 5.94. The van der Waals surface area contributed by atoms with Crippen molar-refractivity contribution in [3.8, 4) is 5.75 Å². The van der Waals surface area contributed by atoms with Gasteiger partial charge in [0.25, 0.3) is 0 Å². The smallest absolute Gasteiger partial charge is 0.128 e. The number of ether oxygens (including phenoxy) is 1. The number of fused-ring (bicyclic) bond motifs is 1. The van der Waals surface area contributed by atoms with Crippen LogP contribution in [-0.2, 0) is 0 Å². The minimum Gasteiger partial charge on any atom is -0.491 e. The molecule has 0 fully saturated rings. The lowest BCUT2D eigenvalue weighted by molar-refractivity contribution is -0.000820. The van der Waals surface area contributed by atoms with E-state index in [2.05, 4.69) is 24.8 Å². The predicted octanol–water partition coefficient (Wildman–Crippen LogP) is 1.92. The van der Waals surface area contributed by atoms with E-state index in [1.54, 1.807) is 0 Å². The highest BCUT2D eigenvalue weighted by atomic mass is 16.5. The molecule has 0 amide bonds. The maximum absolute atomic E-state index is 10.7. The highest BCUT2D eigenvalue weighted by molar-refractivity contribution is 5.46. The zero-order chi connectivity index (χ0) is 14.7. The molecule has 4 nitrogen and oxygen atoms in total. The van der Waals surface area contributed by atoms with E-state index in [-0.39, 0.29) is 12.6 Å². The van der Waals surface area contributed by atoms with Gasteiger partial charge >= 0.3 is 0 Å². The second-order valence-corrected chi connectivity index (χ2v) is 5.60. The van der Waals surface area contributed by atoms with Gasteiger partial charge in [-0.05, 0) is 18.0 Å². The molecule has 20 heavy (non-hydrogen) atoms. The van der Waals surface area contributed by atoms with Crippen LogP contribution in [-0.4, -0.2) is 47.5 Å². The minimum atomic E-state index is -0.566. The van der Waals surface area contributed by atoms with Gasteiger partial charge in [0.2, 0.25) is 0 Å². The summed E-state index contributed by atoms with van der Waals surface area (Å²) in [5.74, 6) is 1.21. The van der Waals surface area contributed by atoms with E-state index in [0.717, 1.165) is 23.4 Å². The van der Waals surface area contributed by atoms with Crippen molar-refractivity contribution in [1.29, 1.82) is 0 Å². The number of hydrogen-bond donors (Lipinski definition) is 2. The number of nitrogens with zero attached hydrogens (tertiary/aromatic N) is 1. The zero-order valence-electron chi connectivity index (χ0n) is 12.5. The van der Waals surface area contributed by atoms with E-state index in [1.165, 1.54) is 0 Å². The van der Waals surface area contributed by atoms with E-state index in [9.17, 15) is 5.11 Å². The highest BCUT2D eigenvalue weighted by Crippen LogP contribution is 2.39. The molecule has 0 saturated heterocycles. The molecule has 2 N–H and O–H groups in total. The molecule has 1 aromatic rings. The van der Waals surface area contributed by atoms with Crippen LogP contribution in [0.2, 0.25) is 0 Å². The maximum Gasteiger partial charge on any atom is 0.128 e. The average Bonchev–Trinajstić information content (AvgIpc) is 2.45. The summed E-state index contributed by atoms with van der Waals surface area (Å²) >= 11 is 0. The fourth-order valence-corrected chi connectivity index (χ4v) is 2.89. The van der Waals surface area contributed by atoms with Crippen molar-refractivity contribution < 1.29 is 14.9 Å². The molecule has 112 valence electrons. The topological polar surface area (TPSA) is 52.9 Å². The van der Waals surface area contributed by atoms with Gasteiger partial charge in [0.15, 0.2) is 0 Å². The SMILES string of the molecule is CCN(CCO)C1COc2c(C(C)C)cccc2C1O. The molecule has 0 radical (unpaired) electrons. The van der Waals surface area contributed by atoms with E-state index >= 15 is 0 Å². The van der Waals surface area contributed by atoms with Crippen molar-refractivity contribution in [1.82, 2.24) is 4.90 Å². The average molecular weight is 279 g/mol. The first-order valence-electron chi connectivity index (χ1n) is 7.38. The van der Waals surface area contributed by atoms with Gasteiger partial charge in [-0.25, -0.2) is 0 Å². The number of hydrogen-bond acceptors (Lipinski definition) is 4. The van der Waals surface area contributed by atoms with Crippen LogP contribution in [0.25, 0.3) is 0 Å². The summed E-state index contributed by atoms with van der Waals surface area (Å²) in [4.78, 5) is 2.07. The van der Waals surface area contributed by atoms with E-state index in [1.807, 2.05) is 19.1 Å². The number of benzene rings is 1. The molecule has 1 aromatic carbocycles. The van der Waals surface area contributed by atoms with E-state index in [0.29, 0.717) is 19.1 Å². The highest BCUT2D eigenvalue weighted by Gasteiger charge is 2.34. The number of rotatable bonds is 5. The zero-order valence-corrected chi connectivity index (χ0v) is 12.5. The second-order valence-electron chi connectivity index (χ2n) is 5.60. The molecule has 0 aromatic heterocycles. The number of aliphatic hydroxyl groups is 2. The van der Waals surface area contributed by atoms with Gasteiger partial charge in [0.1, 0.15) is 18.5 Å². The Balaban J connectivity index is 2.29. The fourth-order valence-electron chi connectivity index (χ4n) is 2.89. The molecule has 0 spiro atoms. The van der Waals surface area contributed by atoms with Gasteiger partial charge in [0.05, 0.1) is 12.6 Å². The van der Waals surface area contributed by atoms with Crippen molar-refractivity contribution in [3.63, 3.8) is 0 Å². The summed E-state index contributed by atoms with van der Waals surface area (Å²) in [6.07, 6.45) is -0.566. The van der Waals surface area contributed by atoms with Gasteiger partial charge in [-0.3, -0.25) is 4.90 Å². The molecule has 1 aliphatic rings. The first-order valence-corrected chi connectivity index (χ1v) is 7.38. The second kappa shape index (κ2) is 6.57. The monoisotopic (exact) mass is 279 g/mol. The van der Waals surface area contributed by atoms with E-state index in [4.69, 9.17) is 9.84 Å². The van der Waals surface area contributed by atoms with Crippen LogP contribution in [0.3, 0.4) is 0 Å². The Morgan fingerprint density at radius 3 is 2.75 bits per heavy atom. The van der Waals surface area contributed by atoms with Gasteiger partial charge in [0, 0.05) is 12.1 Å². The first kappa shape index (κ1) is 15.3. The van der Waals surface area contributed by atoms with Crippen molar-refractivity contribution in [2.75, 3.05) is 26.3 Å². The quantitative estimate of drug-likeness (QED) is 0.864. The Morgan fingerprint density at radius 1 is 1.40 bits per heavy atom. The standard InChI is InChI=1S/C16H25NO3/c1-4-17(8-9-18)14-10-20-16-12(11(2)3)6-5-7-13(16)15(14)19/h5-7,11,14-15,18-19H,4,8-10H2,1-3H3. The number of para-hydroxylation sites is 1. The Bertz CT molecular complexity index is 447. The van der Waals surface area contributed by atoms with Crippen LogP contribution in [0.1, 0.15) is 43.9 Å². The van der Waals surface area contributed by atoms with Crippen LogP contribution in [0.5, 0.6) is 5.75 Å². The summed E-state index contributed by atoms with van der Waals surface area (Å²) in [7, 11) is 0. The third-order valence-electron chi connectivity index (χ3n) is 4.04. The minimum absolute atomic E-state index is 0.0932. The van der Waals surface area contributed by atoms with Crippen molar-refractivity contribution in [3.05, 3.63) is 29.3 Å². The number of likely N-dealkylation sites (N-methyl/N-ethyl adjacent to an activating group) is 1. The summed E-state index contributed by atoms with van der Waals surface area (Å²) in [6, 6.07) is 5.88. The number of aliphatic hydroxyl groups excluding tert-OH is 2. The maximum atomic E-state index is 10.7. The van der Waals surface area contributed by atoms with E-state index < -0.39 is 6.10 Å². The van der Waals surface area contributed by atoms with Crippen LogP contribution in [0.15, 0.2) is 18.2 Å². The fraction of sp³-hybridized carbons (Fsp3) is 0.625. The third kappa shape index (κ3) is 2.82. The third-order valence-corrected chi connectivity index (χ3v) is 4.04. The predicted molar refractivity (Wildman–Crippen MR) is 79.1 cm³/mol. The molecule has 0 aliphatic carbocycles. The molecule has 1 heterocycles.